The summed E-state index contributed by atoms with van der Waals surface area (Å²) in [7, 11) is -1.05. The molecular formula is C13H28S. The van der Waals surface area contributed by atoms with Crippen LogP contribution in [0.15, 0.2) is 0 Å². The molecular weight excluding hydrogens is 188 g/mol. The first-order valence-corrected chi connectivity index (χ1v) is 10.3. The predicted molar refractivity (Wildman–Crippen MR) is 71.1 cm³/mol. The highest BCUT2D eigenvalue weighted by Crippen LogP contribution is 2.70. The fourth-order valence-corrected chi connectivity index (χ4v) is 7.74. The Morgan fingerprint density at radius 1 is 1.00 bits per heavy atom. The van der Waals surface area contributed by atoms with Crippen molar-refractivity contribution >= 4 is 9.16 Å². The van der Waals surface area contributed by atoms with Gasteiger partial charge in [-0.25, -0.2) is 0 Å². The predicted octanol–water partition coefficient (Wildman–Crippen LogP) is 3.40. The zero-order chi connectivity index (χ0) is 10.4. The molecule has 1 heterocycles. The van der Waals surface area contributed by atoms with Gasteiger partial charge in [-0.15, -0.1) is 0 Å². The van der Waals surface area contributed by atoms with E-state index < -0.39 is 9.16 Å². The van der Waals surface area contributed by atoms with Crippen LogP contribution < -0.4 is 0 Å². The summed E-state index contributed by atoms with van der Waals surface area (Å²) < 4.78 is 0. The van der Waals surface area contributed by atoms with Gasteiger partial charge in [0.2, 0.25) is 0 Å². The Hall–Kier alpha value is 0.350. The van der Waals surface area contributed by atoms with Crippen molar-refractivity contribution in [3.8, 4) is 0 Å². The summed E-state index contributed by atoms with van der Waals surface area (Å²) in [6, 6.07) is 0. The number of thiol groups is 1. The lowest BCUT2D eigenvalue weighted by molar-refractivity contribution is 0.173. The smallest absolute Gasteiger partial charge is 0.0288 e. The summed E-state index contributed by atoms with van der Waals surface area (Å²) in [5, 5.41) is 0. The van der Waals surface area contributed by atoms with E-state index >= 15 is 0 Å². The van der Waals surface area contributed by atoms with Gasteiger partial charge in [-0.3, -0.25) is 9.16 Å². The van der Waals surface area contributed by atoms with Crippen molar-refractivity contribution in [2.75, 3.05) is 30.3 Å². The van der Waals surface area contributed by atoms with Crippen LogP contribution in [0.2, 0.25) is 0 Å². The Morgan fingerprint density at radius 2 is 1.64 bits per heavy atom. The first-order valence-electron chi connectivity index (χ1n) is 6.33. The Bertz CT molecular complexity index is 213. The van der Waals surface area contributed by atoms with Crippen molar-refractivity contribution in [3.05, 3.63) is 0 Å². The van der Waals surface area contributed by atoms with E-state index in [1.54, 1.807) is 24.3 Å². The summed E-state index contributed by atoms with van der Waals surface area (Å²) in [5.74, 6) is 6.45. The highest BCUT2D eigenvalue weighted by atomic mass is 32.3. The Balaban J connectivity index is 1.65. The molecule has 0 spiro atoms. The average Bonchev–Trinajstić information content (AvgIpc) is 1.97. The van der Waals surface area contributed by atoms with E-state index in [1.807, 2.05) is 0 Å². The maximum Gasteiger partial charge on any atom is -0.0288 e. The molecule has 0 nitrogen and oxygen atoms in total. The molecule has 0 bridgehead atoms. The molecule has 14 heavy (non-hydrogen) atoms. The zero-order valence-corrected chi connectivity index (χ0v) is 11.3. The van der Waals surface area contributed by atoms with Crippen LogP contribution in [0.1, 0.15) is 32.6 Å². The fraction of sp³-hybridized carbons (Fsp3) is 1.00. The molecule has 2 unspecified atom stereocenters. The number of rotatable bonds is 3. The van der Waals surface area contributed by atoms with Crippen LogP contribution in [-0.2, 0) is 0 Å². The number of hydrogen-bond donors (Lipinski definition) is 1. The average molecular weight is 216 g/mol. The molecule has 1 aliphatic heterocycles. The second-order valence-electron chi connectivity index (χ2n) is 7.59. The third-order valence-electron chi connectivity index (χ3n) is 4.61. The lowest BCUT2D eigenvalue weighted by atomic mass is 9.72. The molecule has 0 aromatic carbocycles. The van der Waals surface area contributed by atoms with Crippen molar-refractivity contribution in [3.63, 3.8) is 0 Å². The van der Waals surface area contributed by atoms with Crippen LogP contribution in [0.25, 0.3) is 0 Å². The summed E-state index contributed by atoms with van der Waals surface area (Å²) in [6.07, 6.45) is 13.8. The molecule has 0 aromatic rings. The Morgan fingerprint density at radius 3 is 2.00 bits per heavy atom. The van der Waals surface area contributed by atoms with Gasteiger partial charge in [-0.2, -0.15) is 0 Å². The van der Waals surface area contributed by atoms with Crippen LogP contribution in [0, 0.1) is 17.8 Å². The van der Waals surface area contributed by atoms with Gasteiger partial charge in [0.15, 0.2) is 0 Å². The van der Waals surface area contributed by atoms with E-state index in [4.69, 9.17) is 0 Å². The van der Waals surface area contributed by atoms with Gasteiger partial charge < -0.3 is 0 Å². The van der Waals surface area contributed by atoms with E-state index in [0.717, 1.165) is 17.8 Å². The highest BCUT2D eigenvalue weighted by molar-refractivity contribution is 8.49. The molecule has 1 aliphatic carbocycles. The molecule has 86 valence electrons. The van der Waals surface area contributed by atoms with Gasteiger partial charge in [0.1, 0.15) is 0 Å². The van der Waals surface area contributed by atoms with Gasteiger partial charge in [0.25, 0.3) is 0 Å². The summed E-state index contributed by atoms with van der Waals surface area (Å²) in [4.78, 5) is 0. The van der Waals surface area contributed by atoms with E-state index in [1.165, 1.54) is 12.8 Å². The first kappa shape index (κ1) is 10.9. The Kier molecular flexibility index (Phi) is 2.46. The molecule has 2 rings (SSSR count). The van der Waals surface area contributed by atoms with Crippen molar-refractivity contribution in [2.24, 2.45) is 17.8 Å². The molecule has 0 radical (unpaired) electrons. The lowest BCUT2D eigenvalue weighted by Crippen LogP contribution is -2.42. The third-order valence-corrected chi connectivity index (χ3v) is 8.35. The molecule has 1 saturated carbocycles. The molecule has 2 fully saturated rings. The largest absolute Gasteiger partial charge is 0.289 e. The van der Waals surface area contributed by atoms with E-state index in [-0.39, 0.29) is 0 Å². The summed E-state index contributed by atoms with van der Waals surface area (Å²) in [5.41, 5.74) is 0. The summed E-state index contributed by atoms with van der Waals surface area (Å²) >= 11 is 0. The molecule has 0 amide bonds. The van der Waals surface area contributed by atoms with Crippen molar-refractivity contribution in [2.45, 2.75) is 32.6 Å². The van der Waals surface area contributed by atoms with Crippen molar-refractivity contribution < 1.29 is 0 Å². The normalized spacial score (nSPS) is 46.9. The second kappa shape index (κ2) is 3.17. The minimum Gasteiger partial charge on any atom is -0.289 e. The highest BCUT2D eigenvalue weighted by Gasteiger charge is 2.41. The minimum atomic E-state index is -1.05. The van der Waals surface area contributed by atoms with Gasteiger partial charge >= 0.3 is 0 Å². The first-order chi connectivity index (χ1) is 6.33. The quantitative estimate of drug-likeness (QED) is 0.687. The molecule has 2 aliphatic rings. The SMILES string of the molecule is CC1CCC1CCC1C[SH](C)(C)(C)C1. The molecule has 0 N–H and O–H groups in total. The van der Waals surface area contributed by atoms with E-state index in [9.17, 15) is 0 Å². The van der Waals surface area contributed by atoms with Crippen LogP contribution in [-0.4, -0.2) is 30.3 Å². The van der Waals surface area contributed by atoms with Crippen LogP contribution in [0.4, 0.5) is 0 Å². The topological polar surface area (TPSA) is 0 Å². The second-order valence-corrected chi connectivity index (χ2v) is 15.2. The van der Waals surface area contributed by atoms with E-state index in [0.29, 0.717) is 0 Å². The maximum atomic E-state index is 2.56. The maximum absolute atomic E-state index is 2.56. The van der Waals surface area contributed by atoms with Gasteiger partial charge in [0.05, 0.1) is 0 Å². The molecule has 1 heteroatoms. The molecule has 1 saturated heterocycles. The van der Waals surface area contributed by atoms with Crippen LogP contribution in [0.5, 0.6) is 0 Å². The minimum absolute atomic E-state index is 1.05. The fourth-order valence-electron chi connectivity index (χ4n) is 3.66. The van der Waals surface area contributed by atoms with Crippen molar-refractivity contribution in [1.29, 1.82) is 0 Å². The standard InChI is InChI=1S/C13H28S/c1-11-5-7-13(11)8-6-12-9-14(2,3,4)10-12/h11-14H,5-10H2,1-4H3. The third kappa shape index (κ3) is 2.29. The lowest BCUT2D eigenvalue weighted by Gasteiger charge is -2.64. The van der Waals surface area contributed by atoms with E-state index in [2.05, 4.69) is 25.7 Å². The van der Waals surface area contributed by atoms with Gasteiger partial charge in [0, 0.05) is 0 Å². The molecule has 2 atom stereocenters. The van der Waals surface area contributed by atoms with Crippen molar-refractivity contribution in [1.82, 2.24) is 0 Å². The van der Waals surface area contributed by atoms with Gasteiger partial charge in [-0.05, 0) is 67.3 Å². The molecule has 0 aromatic heterocycles. The van der Waals surface area contributed by atoms with Gasteiger partial charge in [-0.1, -0.05) is 13.3 Å². The summed E-state index contributed by atoms with van der Waals surface area (Å²) in [6.45, 7) is 2.44. The monoisotopic (exact) mass is 216 g/mol. The zero-order valence-electron chi connectivity index (χ0n) is 10.4. The van der Waals surface area contributed by atoms with Crippen LogP contribution >= 0.6 is 9.16 Å². The number of hydrogen-bond acceptors (Lipinski definition) is 0. The van der Waals surface area contributed by atoms with Crippen LogP contribution in [0.3, 0.4) is 0 Å². The Labute approximate surface area is 90.1 Å².